The number of rotatable bonds is 2. The normalized spacial score (nSPS) is 16.9. The Labute approximate surface area is 119 Å². The molecule has 1 aliphatic heterocycles. The van der Waals surface area contributed by atoms with E-state index in [0.717, 1.165) is 12.8 Å². The molecule has 0 atom stereocenters. The Balaban J connectivity index is 1.79. The summed E-state index contributed by atoms with van der Waals surface area (Å²) in [5, 5.41) is 0. The number of hydrogen-bond donors (Lipinski definition) is 0. The number of carbonyl (C=O) groups excluding carboxylic acids is 1. The highest BCUT2D eigenvalue weighted by Gasteiger charge is 2.27. The van der Waals surface area contributed by atoms with Crippen LogP contribution in [0.5, 0.6) is 5.88 Å². The van der Waals surface area contributed by atoms with Crippen molar-refractivity contribution in [3.05, 3.63) is 18.6 Å². The molecule has 0 N–H and O–H groups in total. The molecule has 1 fully saturated rings. The molecule has 0 aromatic carbocycles. The Morgan fingerprint density at radius 1 is 1.35 bits per heavy atom. The summed E-state index contributed by atoms with van der Waals surface area (Å²) in [6, 6.07) is 1.74. The monoisotopic (exact) mass is 279 g/mol. The van der Waals surface area contributed by atoms with Crippen molar-refractivity contribution in [2.75, 3.05) is 13.1 Å². The summed E-state index contributed by atoms with van der Waals surface area (Å²) in [5.74, 6) is 0.579. The molecule has 1 aliphatic rings. The molecule has 0 saturated carbocycles. The molecule has 1 aromatic heterocycles. The van der Waals surface area contributed by atoms with Crippen molar-refractivity contribution in [2.45, 2.75) is 45.3 Å². The van der Waals surface area contributed by atoms with Crippen molar-refractivity contribution in [2.24, 2.45) is 0 Å². The predicted molar refractivity (Wildman–Crippen MR) is 73.5 cm³/mol. The molecule has 0 unspecified atom stereocenters. The Morgan fingerprint density at radius 3 is 2.60 bits per heavy atom. The van der Waals surface area contributed by atoms with E-state index in [-0.39, 0.29) is 12.2 Å². The van der Waals surface area contributed by atoms with Gasteiger partial charge in [-0.3, -0.25) is 0 Å². The maximum atomic E-state index is 11.9. The first-order valence-electron chi connectivity index (χ1n) is 6.84. The second kappa shape index (κ2) is 6.07. The zero-order chi connectivity index (χ0) is 14.6. The third kappa shape index (κ3) is 4.36. The lowest BCUT2D eigenvalue weighted by Crippen LogP contribution is -2.44. The van der Waals surface area contributed by atoms with E-state index in [1.165, 1.54) is 6.33 Å². The van der Waals surface area contributed by atoms with Gasteiger partial charge in [0.2, 0.25) is 5.88 Å². The van der Waals surface area contributed by atoms with Crippen LogP contribution < -0.4 is 4.74 Å². The van der Waals surface area contributed by atoms with Crippen molar-refractivity contribution in [3.8, 4) is 5.88 Å². The highest BCUT2D eigenvalue weighted by Crippen LogP contribution is 2.18. The van der Waals surface area contributed by atoms with E-state index in [9.17, 15) is 4.79 Å². The topological polar surface area (TPSA) is 64.5 Å². The number of ether oxygens (including phenoxy) is 2. The van der Waals surface area contributed by atoms with Crippen LogP contribution in [0, 0.1) is 0 Å². The van der Waals surface area contributed by atoms with E-state index < -0.39 is 5.60 Å². The van der Waals surface area contributed by atoms with Crippen molar-refractivity contribution < 1.29 is 14.3 Å². The van der Waals surface area contributed by atoms with Crippen LogP contribution in [0.1, 0.15) is 33.6 Å². The number of hydrogen-bond acceptors (Lipinski definition) is 5. The Hall–Kier alpha value is -1.85. The molecule has 0 bridgehead atoms. The zero-order valence-corrected chi connectivity index (χ0v) is 12.2. The fourth-order valence-corrected chi connectivity index (χ4v) is 2.00. The maximum absolute atomic E-state index is 11.9. The Morgan fingerprint density at radius 2 is 2.05 bits per heavy atom. The molecular weight excluding hydrogens is 258 g/mol. The van der Waals surface area contributed by atoms with Crippen LogP contribution in [0.2, 0.25) is 0 Å². The predicted octanol–water partition coefficient (Wildman–Crippen LogP) is 2.25. The summed E-state index contributed by atoms with van der Waals surface area (Å²) < 4.78 is 11.1. The molecule has 0 spiro atoms. The van der Waals surface area contributed by atoms with E-state index in [4.69, 9.17) is 9.47 Å². The quantitative estimate of drug-likeness (QED) is 0.830. The first-order chi connectivity index (χ1) is 9.44. The molecule has 1 aromatic rings. The minimum absolute atomic E-state index is 0.0867. The second-order valence-corrected chi connectivity index (χ2v) is 5.83. The van der Waals surface area contributed by atoms with Gasteiger partial charge in [0.25, 0.3) is 0 Å². The third-order valence-corrected chi connectivity index (χ3v) is 2.94. The summed E-state index contributed by atoms with van der Waals surface area (Å²) in [7, 11) is 0. The van der Waals surface area contributed by atoms with Gasteiger partial charge in [0.1, 0.15) is 18.0 Å². The Bertz CT molecular complexity index is 437. The molecule has 6 nitrogen and oxygen atoms in total. The van der Waals surface area contributed by atoms with Crippen molar-refractivity contribution in [1.29, 1.82) is 0 Å². The summed E-state index contributed by atoms with van der Waals surface area (Å²) in [6.07, 6.45) is 4.51. The van der Waals surface area contributed by atoms with E-state index in [1.807, 2.05) is 20.8 Å². The number of amides is 1. The van der Waals surface area contributed by atoms with Crippen molar-refractivity contribution in [1.82, 2.24) is 14.9 Å². The highest BCUT2D eigenvalue weighted by atomic mass is 16.6. The van der Waals surface area contributed by atoms with Gasteiger partial charge in [-0.1, -0.05) is 0 Å². The molecule has 0 aliphatic carbocycles. The summed E-state index contributed by atoms with van der Waals surface area (Å²) in [5.41, 5.74) is -0.453. The summed E-state index contributed by atoms with van der Waals surface area (Å²) in [4.78, 5) is 21.5. The minimum Gasteiger partial charge on any atom is -0.474 e. The van der Waals surface area contributed by atoms with Gasteiger partial charge < -0.3 is 14.4 Å². The number of nitrogens with zero attached hydrogens (tertiary/aromatic N) is 3. The average molecular weight is 279 g/mol. The van der Waals surface area contributed by atoms with Crippen LogP contribution in [0.4, 0.5) is 4.79 Å². The smallest absolute Gasteiger partial charge is 0.410 e. The lowest BCUT2D eigenvalue weighted by molar-refractivity contribution is 0.0123. The van der Waals surface area contributed by atoms with Crippen LogP contribution in [0.15, 0.2) is 18.6 Å². The first kappa shape index (κ1) is 14.6. The van der Waals surface area contributed by atoms with Gasteiger partial charge in [-0.2, -0.15) is 0 Å². The van der Waals surface area contributed by atoms with Crippen molar-refractivity contribution >= 4 is 6.09 Å². The zero-order valence-electron chi connectivity index (χ0n) is 12.2. The molecule has 0 radical (unpaired) electrons. The SMILES string of the molecule is CC(C)(C)OC(=O)N1CCC(Oc2ccncn2)CC1. The number of aromatic nitrogens is 2. The summed E-state index contributed by atoms with van der Waals surface area (Å²) in [6.45, 7) is 6.90. The third-order valence-electron chi connectivity index (χ3n) is 2.94. The van der Waals surface area contributed by atoms with Crippen LogP contribution in [0.25, 0.3) is 0 Å². The first-order valence-corrected chi connectivity index (χ1v) is 6.84. The fourth-order valence-electron chi connectivity index (χ4n) is 2.00. The van der Waals surface area contributed by atoms with Crippen LogP contribution in [0.3, 0.4) is 0 Å². The molecule has 1 saturated heterocycles. The standard InChI is InChI=1S/C14H21N3O3/c1-14(2,3)20-13(18)17-8-5-11(6-9-17)19-12-4-7-15-10-16-12/h4,7,10-11H,5-6,8-9H2,1-3H3. The van der Waals surface area contributed by atoms with Crippen LogP contribution in [-0.2, 0) is 4.74 Å². The van der Waals surface area contributed by atoms with E-state index in [1.54, 1.807) is 17.2 Å². The molecule has 20 heavy (non-hydrogen) atoms. The van der Waals surface area contributed by atoms with Gasteiger partial charge in [-0.15, -0.1) is 0 Å². The fraction of sp³-hybridized carbons (Fsp3) is 0.643. The maximum Gasteiger partial charge on any atom is 0.410 e. The van der Waals surface area contributed by atoms with Gasteiger partial charge in [0.15, 0.2) is 0 Å². The molecular formula is C14H21N3O3. The van der Waals surface area contributed by atoms with Crippen LogP contribution >= 0.6 is 0 Å². The van der Waals surface area contributed by atoms with Gasteiger partial charge in [0.05, 0.1) is 0 Å². The molecule has 1 amide bonds. The van der Waals surface area contributed by atoms with Crippen LogP contribution in [-0.4, -0.2) is 45.8 Å². The average Bonchev–Trinajstić information content (AvgIpc) is 2.39. The van der Waals surface area contributed by atoms with Crippen molar-refractivity contribution in [3.63, 3.8) is 0 Å². The van der Waals surface area contributed by atoms with E-state index in [0.29, 0.717) is 19.0 Å². The largest absolute Gasteiger partial charge is 0.474 e. The Kier molecular flexibility index (Phi) is 4.42. The molecule has 2 heterocycles. The minimum atomic E-state index is -0.453. The second-order valence-electron chi connectivity index (χ2n) is 5.83. The highest BCUT2D eigenvalue weighted by molar-refractivity contribution is 5.68. The molecule has 110 valence electrons. The molecule has 6 heteroatoms. The van der Waals surface area contributed by atoms with Gasteiger partial charge in [-0.05, 0) is 20.8 Å². The van der Waals surface area contributed by atoms with E-state index >= 15 is 0 Å². The lowest BCUT2D eigenvalue weighted by atomic mass is 10.1. The summed E-state index contributed by atoms with van der Waals surface area (Å²) >= 11 is 0. The lowest BCUT2D eigenvalue weighted by Gasteiger charge is -2.33. The number of piperidine rings is 1. The van der Waals surface area contributed by atoms with E-state index in [2.05, 4.69) is 9.97 Å². The van der Waals surface area contributed by atoms with Gasteiger partial charge in [0, 0.05) is 38.2 Å². The van der Waals surface area contributed by atoms with Gasteiger partial charge >= 0.3 is 6.09 Å². The molecule has 2 rings (SSSR count). The number of carbonyl (C=O) groups is 1. The number of likely N-dealkylation sites (tertiary alicyclic amines) is 1. The van der Waals surface area contributed by atoms with Gasteiger partial charge in [-0.25, -0.2) is 14.8 Å².